The van der Waals surface area contributed by atoms with Crippen molar-refractivity contribution in [2.24, 2.45) is 0 Å². The van der Waals surface area contributed by atoms with Gasteiger partial charge in [0.1, 0.15) is 0 Å². The van der Waals surface area contributed by atoms with Crippen LogP contribution in [-0.2, 0) is 21.3 Å². The van der Waals surface area contributed by atoms with Gasteiger partial charge in [-0.05, 0) is 42.6 Å². The Labute approximate surface area is 164 Å². The van der Waals surface area contributed by atoms with E-state index in [2.05, 4.69) is 4.90 Å². The molecule has 1 aromatic heterocycles. The molecule has 1 aliphatic rings. The van der Waals surface area contributed by atoms with Gasteiger partial charge in [-0.25, -0.2) is 8.42 Å². The van der Waals surface area contributed by atoms with Crippen LogP contribution in [0.15, 0.2) is 46.7 Å². The number of ether oxygens (including phenoxy) is 1. The number of morpholine rings is 1. The first-order valence-electron chi connectivity index (χ1n) is 8.64. The second-order valence-electron chi connectivity index (χ2n) is 6.18. The standard InChI is InChI=1S/C18H23ClN2O3S2/c19-16-4-1-6-18(14-16)26(22,23)21(15-17-5-2-13-25-17)8-3-7-20-9-11-24-12-10-20/h1-2,4-6,13-14H,3,7-12,15H2. The highest BCUT2D eigenvalue weighted by Crippen LogP contribution is 2.23. The summed E-state index contributed by atoms with van der Waals surface area (Å²) < 4.78 is 33.2. The summed E-state index contributed by atoms with van der Waals surface area (Å²) in [5, 5.41) is 2.39. The molecule has 3 rings (SSSR count). The van der Waals surface area contributed by atoms with Gasteiger partial charge >= 0.3 is 0 Å². The number of halogens is 1. The first-order chi connectivity index (χ1) is 12.6. The number of nitrogens with zero attached hydrogens (tertiary/aromatic N) is 2. The van der Waals surface area contributed by atoms with Crippen LogP contribution in [0.3, 0.4) is 0 Å². The first-order valence-corrected chi connectivity index (χ1v) is 11.3. The molecule has 0 atom stereocenters. The Morgan fingerprint density at radius 2 is 2.00 bits per heavy atom. The predicted molar refractivity (Wildman–Crippen MR) is 105 cm³/mol. The van der Waals surface area contributed by atoms with Crippen molar-refractivity contribution in [1.82, 2.24) is 9.21 Å². The number of hydrogen-bond acceptors (Lipinski definition) is 5. The normalized spacial score (nSPS) is 16.2. The molecule has 0 amide bonds. The monoisotopic (exact) mass is 414 g/mol. The number of rotatable bonds is 8. The molecule has 0 radical (unpaired) electrons. The van der Waals surface area contributed by atoms with Gasteiger partial charge in [-0.1, -0.05) is 23.7 Å². The molecule has 1 aromatic carbocycles. The van der Waals surface area contributed by atoms with E-state index in [4.69, 9.17) is 16.3 Å². The average molecular weight is 415 g/mol. The van der Waals surface area contributed by atoms with Crippen LogP contribution in [0, 0.1) is 0 Å². The van der Waals surface area contributed by atoms with Gasteiger partial charge in [0.25, 0.3) is 0 Å². The maximum Gasteiger partial charge on any atom is 0.243 e. The molecular formula is C18H23ClN2O3S2. The van der Waals surface area contributed by atoms with Crippen LogP contribution < -0.4 is 0 Å². The smallest absolute Gasteiger partial charge is 0.243 e. The number of hydrogen-bond donors (Lipinski definition) is 0. The lowest BCUT2D eigenvalue weighted by molar-refractivity contribution is 0.0368. The lowest BCUT2D eigenvalue weighted by Gasteiger charge is -2.28. The Bertz CT molecular complexity index is 791. The average Bonchev–Trinajstić information content (AvgIpc) is 3.15. The van der Waals surface area contributed by atoms with Crippen LogP contribution in [0.1, 0.15) is 11.3 Å². The summed E-state index contributed by atoms with van der Waals surface area (Å²) in [5.74, 6) is 0. The van der Waals surface area contributed by atoms with Gasteiger partial charge < -0.3 is 4.74 Å². The fourth-order valence-corrected chi connectivity index (χ4v) is 5.49. The van der Waals surface area contributed by atoms with Crippen LogP contribution in [0.2, 0.25) is 5.02 Å². The van der Waals surface area contributed by atoms with Crippen LogP contribution >= 0.6 is 22.9 Å². The summed E-state index contributed by atoms with van der Waals surface area (Å²) in [6.07, 6.45) is 0.783. The third-order valence-corrected chi connectivity index (χ3v) is 7.27. The van der Waals surface area contributed by atoms with Crippen LogP contribution in [0.5, 0.6) is 0 Å². The molecule has 2 aromatic rings. The minimum absolute atomic E-state index is 0.243. The SMILES string of the molecule is O=S(=O)(c1cccc(Cl)c1)N(CCCN1CCOCC1)Cc1cccs1. The Morgan fingerprint density at radius 3 is 2.69 bits per heavy atom. The van der Waals surface area contributed by atoms with Gasteiger partial charge in [0, 0.05) is 36.1 Å². The molecule has 1 saturated heterocycles. The molecule has 1 fully saturated rings. The van der Waals surface area contributed by atoms with Gasteiger partial charge in [0.2, 0.25) is 10.0 Å². The van der Waals surface area contributed by atoms with Crippen molar-refractivity contribution in [3.63, 3.8) is 0 Å². The molecular weight excluding hydrogens is 392 g/mol. The second kappa shape index (κ2) is 9.30. The molecule has 2 heterocycles. The summed E-state index contributed by atoms with van der Waals surface area (Å²) >= 11 is 7.57. The van der Waals surface area contributed by atoms with Crippen molar-refractivity contribution < 1.29 is 13.2 Å². The molecule has 5 nitrogen and oxygen atoms in total. The Morgan fingerprint density at radius 1 is 1.19 bits per heavy atom. The lowest BCUT2D eigenvalue weighted by atomic mass is 10.3. The topological polar surface area (TPSA) is 49.9 Å². The minimum Gasteiger partial charge on any atom is -0.379 e. The Hall–Kier alpha value is -0.960. The third kappa shape index (κ3) is 5.28. The molecule has 0 spiro atoms. The number of sulfonamides is 1. The van der Waals surface area contributed by atoms with Crippen molar-refractivity contribution in [2.45, 2.75) is 17.9 Å². The van der Waals surface area contributed by atoms with Gasteiger partial charge in [-0.2, -0.15) is 4.31 Å². The summed E-state index contributed by atoms with van der Waals surface area (Å²) in [4.78, 5) is 3.59. The summed E-state index contributed by atoms with van der Waals surface area (Å²) in [5.41, 5.74) is 0. The quantitative estimate of drug-likeness (QED) is 0.664. The van der Waals surface area contributed by atoms with Gasteiger partial charge in [0.05, 0.1) is 18.1 Å². The lowest BCUT2D eigenvalue weighted by Crippen LogP contribution is -2.39. The van der Waals surface area contributed by atoms with E-state index in [1.54, 1.807) is 33.8 Å². The van der Waals surface area contributed by atoms with Crippen molar-refractivity contribution >= 4 is 33.0 Å². The predicted octanol–water partition coefficient (Wildman–Crippen LogP) is 3.31. The number of thiophene rings is 1. The Balaban J connectivity index is 1.71. The molecule has 0 N–H and O–H groups in total. The van der Waals surface area contributed by atoms with E-state index < -0.39 is 10.0 Å². The largest absolute Gasteiger partial charge is 0.379 e. The molecule has 0 unspecified atom stereocenters. The minimum atomic E-state index is -3.59. The maximum absolute atomic E-state index is 13.1. The van der Waals surface area contributed by atoms with E-state index in [0.29, 0.717) is 18.1 Å². The first kappa shape index (κ1) is 19.8. The molecule has 8 heteroatoms. The van der Waals surface area contributed by atoms with Crippen molar-refractivity contribution in [3.05, 3.63) is 51.7 Å². The van der Waals surface area contributed by atoms with Gasteiger partial charge in [-0.15, -0.1) is 11.3 Å². The van der Waals surface area contributed by atoms with E-state index in [9.17, 15) is 8.42 Å². The summed E-state index contributed by atoms with van der Waals surface area (Å²) in [6, 6.07) is 10.4. The molecule has 1 aliphatic heterocycles. The Kier molecular flexibility index (Phi) is 7.08. The molecule has 0 aliphatic carbocycles. The van der Waals surface area contributed by atoms with Crippen LogP contribution in [0.25, 0.3) is 0 Å². The van der Waals surface area contributed by atoms with Crippen molar-refractivity contribution in [3.8, 4) is 0 Å². The van der Waals surface area contributed by atoms with Crippen LogP contribution in [0.4, 0.5) is 0 Å². The summed E-state index contributed by atoms with van der Waals surface area (Å²) in [7, 11) is -3.59. The van der Waals surface area contributed by atoms with Crippen molar-refractivity contribution in [1.29, 1.82) is 0 Å². The molecule has 142 valence electrons. The van der Waals surface area contributed by atoms with Crippen LogP contribution in [-0.4, -0.2) is 57.0 Å². The van der Waals surface area contributed by atoms with Gasteiger partial charge in [-0.3, -0.25) is 4.90 Å². The highest BCUT2D eigenvalue weighted by atomic mass is 35.5. The zero-order valence-electron chi connectivity index (χ0n) is 14.5. The zero-order valence-corrected chi connectivity index (χ0v) is 16.9. The zero-order chi connectivity index (χ0) is 18.4. The third-order valence-electron chi connectivity index (χ3n) is 4.33. The second-order valence-corrected chi connectivity index (χ2v) is 9.59. The number of benzene rings is 1. The highest BCUT2D eigenvalue weighted by Gasteiger charge is 2.25. The fraction of sp³-hybridized carbons (Fsp3) is 0.444. The van der Waals surface area contributed by atoms with Crippen molar-refractivity contribution in [2.75, 3.05) is 39.4 Å². The molecule has 26 heavy (non-hydrogen) atoms. The summed E-state index contributed by atoms with van der Waals surface area (Å²) in [6.45, 7) is 5.05. The fourth-order valence-electron chi connectivity index (χ4n) is 2.93. The van der Waals surface area contributed by atoms with E-state index >= 15 is 0 Å². The maximum atomic E-state index is 13.1. The molecule has 0 bridgehead atoms. The van der Waals surface area contributed by atoms with E-state index in [-0.39, 0.29) is 4.90 Å². The highest BCUT2D eigenvalue weighted by molar-refractivity contribution is 7.89. The van der Waals surface area contributed by atoms with E-state index in [1.807, 2.05) is 17.5 Å². The van der Waals surface area contributed by atoms with Gasteiger partial charge in [0.15, 0.2) is 0 Å². The van der Waals surface area contributed by atoms with E-state index in [1.165, 1.54) is 6.07 Å². The van der Waals surface area contributed by atoms with E-state index in [0.717, 1.165) is 44.1 Å². The molecule has 0 saturated carbocycles.